The third-order valence-corrected chi connectivity index (χ3v) is 4.74. The zero-order chi connectivity index (χ0) is 16.5. The summed E-state index contributed by atoms with van der Waals surface area (Å²) in [7, 11) is 1.81. The van der Waals surface area contributed by atoms with Crippen molar-refractivity contribution < 1.29 is 4.79 Å². The van der Waals surface area contributed by atoms with E-state index in [9.17, 15) is 4.79 Å². The third-order valence-electron chi connectivity index (χ3n) is 4.74. The topological polar surface area (TPSA) is 75.9 Å². The maximum absolute atomic E-state index is 12.2. The number of hydrogen-bond donors (Lipinski definition) is 1. The Labute approximate surface area is 141 Å². The van der Waals surface area contributed by atoms with Gasteiger partial charge in [-0.15, -0.1) is 0 Å². The molecule has 24 heavy (non-hydrogen) atoms. The molecule has 0 spiro atoms. The lowest BCUT2D eigenvalue weighted by atomic mass is 10.2. The highest BCUT2D eigenvalue weighted by Crippen LogP contribution is 2.38. The van der Waals surface area contributed by atoms with Gasteiger partial charge in [-0.3, -0.25) is 9.48 Å². The number of amides is 1. The second-order valence-corrected chi connectivity index (χ2v) is 6.65. The molecule has 2 aliphatic rings. The molecule has 0 aromatic carbocycles. The Kier molecular flexibility index (Phi) is 3.92. The van der Waals surface area contributed by atoms with Crippen molar-refractivity contribution in [1.29, 1.82) is 0 Å². The summed E-state index contributed by atoms with van der Waals surface area (Å²) in [5.41, 5.74) is 0.597. The van der Waals surface area contributed by atoms with Gasteiger partial charge in [0, 0.05) is 44.5 Å². The molecule has 1 saturated heterocycles. The first-order valence-corrected chi connectivity index (χ1v) is 8.57. The molecule has 1 amide bonds. The fraction of sp³-hybridized carbons (Fsp3) is 0.529. The lowest BCUT2D eigenvalue weighted by Gasteiger charge is -2.26. The van der Waals surface area contributed by atoms with Crippen LogP contribution in [-0.4, -0.2) is 44.8 Å². The standard InChI is InChI=1S/C17H22N6O/c1-22-11-13(9-20-22)17(24)19-10-14-3-2-8-23(14)15-6-7-18-16(21-15)12-4-5-12/h6-7,9,11-12,14H,2-5,8,10H2,1H3,(H,19,24)/t14-/m1/s1. The van der Waals surface area contributed by atoms with Crippen molar-refractivity contribution in [2.24, 2.45) is 7.05 Å². The molecule has 1 saturated carbocycles. The minimum absolute atomic E-state index is 0.0729. The zero-order valence-electron chi connectivity index (χ0n) is 13.9. The Morgan fingerprint density at radius 3 is 3.00 bits per heavy atom. The van der Waals surface area contributed by atoms with Crippen LogP contribution in [0.5, 0.6) is 0 Å². The molecule has 7 nitrogen and oxygen atoms in total. The summed E-state index contributed by atoms with van der Waals surface area (Å²) < 4.78 is 1.64. The number of hydrogen-bond acceptors (Lipinski definition) is 5. The smallest absolute Gasteiger partial charge is 0.254 e. The Hall–Kier alpha value is -2.44. The van der Waals surface area contributed by atoms with Crippen LogP contribution in [0.15, 0.2) is 24.7 Å². The Morgan fingerprint density at radius 2 is 2.25 bits per heavy atom. The Morgan fingerprint density at radius 1 is 1.38 bits per heavy atom. The van der Waals surface area contributed by atoms with Crippen molar-refractivity contribution in [3.05, 3.63) is 36.0 Å². The Bertz CT molecular complexity index is 738. The highest BCUT2D eigenvalue weighted by atomic mass is 16.1. The predicted octanol–water partition coefficient (Wildman–Crippen LogP) is 1.49. The molecule has 1 atom stereocenters. The van der Waals surface area contributed by atoms with Crippen molar-refractivity contribution in [1.82, 2.24) is 25.1 Å². The number of nitrogens with one attached hydrogen (secondary N) is 1. The van der Waals surface area contributed by atoms with E-state index in [-0.39, 0.29) is 11.9 Å². The van der Waals surface area contributed by atoms with Crippen LogP contribution < -0.4 is 10.2 Å². The number of anilines is 1. The van der Waals surface area contributed by atoms with Gasteiger partial charge >= 0.3 is 0 Å². The van der Waals surface area contributed by atoms with E-state index in [1.807, 2.05) is 19.3 Å². The van der Waals surface area contributed by atoms with Crippen LogP contribution in [0.1, 0.15) is 47.8 Å². The summed E-state index contributed by atoms with van der Waals surface area (Å²) >= 11 is 0. The SMILES string of the molecule is Cn1cc(C(=O)NC[C@H]2CCCN2c2ccnc(C3CC3)n2)cn1. The van der Waals surface area contributed by atoms with E-state index in [0.717, 1.165) is 31.0 Å². The van der Waals surface area contributed by atoms with Gasteiger partial charge in [0.2, 0.25) is 0 Å². The van der Waals surface area contributed by atoms with Gasteiger partial charge in [-0.1, -0.05) is 0 Å². The molecule has 0 unspecified atom stereocenters. The first kappa shape index (κ1) is 15.1. The van der Waals surface area contributed by atoms with Crippen LogP contribution in [0.25, 0.3) is 0 Å². The number of aromatic nitrogens is 4. The monoisotopic (exact) mass is 326 g/mol. The molecule has 0 bridgehead atoms. The van der Waals surface area contributed by atoms with E-state index in [0.29, 0.717) is 18.0 Å². The minimum atomic E-state index is -0.0729. The van der Waals surface area contributed by atoms with E-state index in [2.05, 4.69) is 20.3 Å². The number of carbonyl (C=O) groups is 1. The van der Waals surface area contributed by atoms with E-state index < -0.39 is 0 Å². The van der Waals surface area contributed by atoms with Crippen molar-refractivity contribution >= 4 is 11.7 Å². The molecule has 4 rings (SSSR count). The number of aryl methyl sites for hydroxylation is 1. The quantitative estimate of drug-likeness (QED) is 0.901. The van der Waals surface area contributed by atoms with E-state index in [1.54, 1.807) is 17.1 Å². The molecule has 1 N–H and O–H groups in total. The second-order valence-electron chi connectivity index (χ2n) is 6.65. The molecule has 2 aromatic rings. The van der Waals surface area contributed by atoms with Crippen molar-refractivity contribution in [2.75, 3.05) is 18.0 Å². The lowest BCUT2D eigenvalue weighted by molar-refractivity contribution is 0.0951. The summed E-state index contributed by atoms with van der Waals surface area (Å²) in [6.45, 7) is 1.60. The van der Waals surface area contributed by atoms with Gasteiger partial charge < -0.3 is 10.2 Å². The highest BCUT2D eigenvalue weighted by molar-refractivity contribution is 5.93. The molecule has 1 aliphatic heterocycles. The summed E-state index contributed by atoms with van der Waals surface area (Å²) in [6, 6.07) is 2.26. The molecule has 0 radical (unpaired) electrons. The fourth-order valence-corrected chi connectivity index (χ4v) is 3.26. The molecule has 3 heterocycles. The van der Waals surface area contributed by atoms with Crippen LogP contribution in [-0.2, 0) is 7.05 Å². The average Bonchev–Trinajstić information content (AvgIpc) is 3.19. The molecule has 1 aliphatic carbocycles. The first-order chi connectivity index (χ1) is 11.7. The van der Waals surface area contributed by atoms with Crippen molar-refractivity contribution in [2.45, 2.75) is 37.6 Å². The van der Waals surface area contributed by atoms with Crippen LogP contribution in [0.2, 0.25) is 0 Å². The molecule has 126 valence electrons. The van der Waals surface area contributed by atoms with E-state index >= 15 is 0 Å². The van der Waals surface area contributed by atoms with Gasteiger partial charge in [-0.25, -0.2) is 9.97 Å². The second kappa shape index (κ2) is 6.22. The van der Waals surface area contributed by atoms with Crippen LogP contribution in [0.4, 0.5) is 5.82 Å². The maximum Gasteiger partial charge on any atom is 0.254 e. The van der Waals surface area contributed by atoms with Crippen LogP contribution in [0, 0.1) is 0 Å². The molecule has 2 aromatic heterocycles. The molecular formula is C17H22N6O. The average molecular weight is 326 g/mol. The lowest BCUT2D eigenvalue weighted by Crippen LogP contribution is -2.40. The first-order valence-electron chi connectivity index (χ1n) is 8.57. The summed E-state index contributed by atoms with van der Waals surface area (Å²) in [6.07, 6.45) is 9.77. The molecule has 2 fully saturated rings. The summed E-state index contributed by atoms with van der Waals surface area (Å²) in [5.74, 6) is 2.44. The van der Waals surface area contributed by atoms with Gasteiger partial charge in [-0.2, -0.15) is 5.10 Å². The normalized spacial score (nSPS) is 20.4. The van der Waals surface area contributed by atoms with Crippen molar-refractivity contribution in [3.8, 4) is 0 Å². The van der Waals surface area contributed by atoms with Gasteiger partial charge in [0.05, 0.1) is 11.8 Å². The highest BCUT2D eigenvalue weighted by Gasteiger charge is 2.30. The minimum Gasteiger partial charge on any atom is -0.352 e. The third kappa shape index (κ3) is 3.11. The number of rotatable bonds is 5. The Balaban J connectivity index is 1.41. The van der Waals surface area contributed by atoms with Gasteiger partial charge in [0.15, 0.2) is 0 Å². The van der Waals surface area contributed by atoms with Gasteiger partial charge in [0.25, 0.3) is 5.91 Å². The zero-order valence-corrected chi connectivity index (χ0v) is 13.9. The van der Waals surface area contributed by atoms with Crippen LogP contribution >= 0.6 is 0 Å². The summed E-state index contributed by atoms with van der Waals surface area (Å²) in [5, 5.41) is 7.07. The maximum atomic E-state index is 12.2. The summed E-state index contributed by atoms with van der Waals surface area (Å²) in [4.78, 5) is 23.6. The van der Waals surface area contributed by atoms with Gasteiger partial charge in [0.1, 0.15) is 11.6 Å². The predicted molar refractivity (Wildman–Crippen MR) is 89.9 cm³/mol. The molecular weight excluding hydrogens is 304 g/mol. The fourth-order valence-electron chi connectivity index (χ4n) is 3.26. The largest absolute Gasteiger partial charge is 0.352 e. The molecule has 7 heteroatoms. The van der Waals surface area contributed by atoms with Crippen molar-refractivity contribution in [3.63, 3.8) is 0 Å². The van der Waals surface area contributed by atoms with E-state index in [4.69, 9.17) is 4.98 Å². The number of nitrogens with zero attached hydrogens (tertiary/aromatic N) is 5. The van der Waals surface area contributed by atoms with Gasteiger partial charge in [-0.05, 0) is 31.7 Å². The van der Waals surface area contributed by atoms with Crippen LogP contribution in [0.3, 0.4) is 0 Å². The number of carbonyl (C=O) groups excluding carboxylic acids is 1. The van der Waals surface area contributed by atoms with E-state index in [1.165, 1.54) is 12.8 Å².